The number of carbonyl (C=O) groups excluding carboxylic acids is 4. The first-order valence-electron chi connectivity index (χ1n) is 23.9. The summed E-state index contributed by atoms with van der Waals surface area (Å²) >= 11 is 0. The highest BCUT2D eigenvalue weighted by Gasteiger charge is 2.27. The molecule has 2 rings (SSSR count). The molecule has 0 bridgehead atoms. The van der Waals surface area contributed by atoms with Gasteiger partial charge in [-0.3, -0.25) is 34.7 Å². The van der Waals surface area contributed by atoms with Crippen molar-refractivity contribution in [2.75, 3.05) is 36.9 Å². The van der Waals surface area contributed by atoms with Crippen molar-refractivity contribution in [3.63, 3.8) is 0 Å². The smallest absolute Gasteiger partial charge is 0.279 e. The first-order chi connectivity index (χ1) is 29.8. The van der Waals surface area contributed by atoms with E-state index >= 15 is 0 Å². The molecule has 4 atom stereocenters. The lowest BCUT2D eigenvalue weighted by atomic mass is 9.94. The minimum atomic E-state index is -0.814. The highest BCUT2D eigenvalue weighted by molar-refractivity contribution is 6.67. The first kappa shape index (κ1) is 53.5. The van der Waals surface area contributed by atoms with Crippen molar-refractivity contribution >= 4 is 46.3 Å². The molecule has 3 amide bonds. The lowest BCUT2D eigenvalue weighted by Crippen LogP contribution is -2.40. The average Bonchev–Trinajstić information content (AvgIpc) is 3.27. The van der Waals surface area contributed by atoms with E-state index < -0.39 is 22.3 Å². The zero-order chi connectivity index (χ0) is 46.0. The van der Waals surface area contributed by atoms with Gasteiger partial charge in [-0.05, 0) is 79.7 Å². The second-order valence-electron chi connectivity index (χ2n) is 17.3. The molecule has 0 heterocycles. The van der Waals surface area contributed by atoms with Gasteiger partial charge in [0, 0.05) is 62.0 Å². The molecule has 12 nitrogen and oxygen atoms in total. The number of nitro groups is 1. The monoisotopic (exact) mass is 861 g/mol. The molecule has 0 aliphatic rings. The lowest BCUT2D eigenvalue weighted by molar-refractivity contribution is -0.384. The van der Waals surface area contributed by atoms with E-state index in [2.05, 4.69) is 71.2 Å². The van der Waals surface area contributed by atoms with Crippen LogP contribution < -0.4 is 10.7 Å². The summed E-state index contributed by atoms with van der Waals surface area (Å²) in [6, 6.07) is 10.3. The van der Waals surface area contributed by atoms with Gasteiger partial charge < -0.3 is 15.1 Å². The normalized spacial score (nSPS) is 13.5. The van der Waals surface area contributed by atoms with Crippen LogP contribution in [0.15, 0.2) is 47.6 Å². The molecule has 2 aromatic carbocycles. The molecule has 0 aliphatic heterocycles. The maximum Gasteiger partial charge on any atom is 0.279 e. The van der Waals surface area contributed by atoms with Gasteiger partial charge in [-0.25, -0.2) is 0 Å². The number of ketones is 1. The maximum absolute atomic E-state index is 15.0. The molecule has 346 valence electrons. The predicted molar refractivity (Wildman–Crippen MR) is 255 cm³/mol. The van der Waals surface area contributed by atoms with E-state index in [0.717, 1.165) is 103 Å². The summed E-state index contributed by atoms with van der Waals surface area (Å²) in [4.78, 5) is 70.8. The summed E-state index contributed by atoms with van der Waals surface area (Å²) < 4.78 is 0. The molecule has 2 N–H and O–H groups in total. The number of amides is 3. The van der Waals surface area contributed by atoms with Crippen LogP contribution in [0.1, 0.15) is 186 Å². The number of hydrazone groups is 1. The van der Waals surface area contributed by atoms with Gasteiger partial charge in [0.05, 0.1) is 10.6 Å². The molecule has 0 spiro atoms. The van der Waals surface area contributed by atoms with Gasteiger partial charge in [0.1, 0.15) is 0 Å². The van der Waals surface area contributed by atoms with E-state index in [4.69, 9.17) is 0 Å². The van der Waals surface area contributed by atoms with Gasteiger partial charge in [0.25, 0.3) is 23.4 Å². The van der Waals surface area contributed by atoms with Crippen molar-refractivity contribution in [1.82, 2.24) is 9.80 Å². The number of benzene rings is 2. The van der Waals surface area contributed by atoms with E-state index in [9.17, 15) is 29.3 Å². The van der Waals surface area contributed by atoms with E-state index in [0.29, 0.717) is 66.7 Å². The highest BCUT2D eigenvalue weighted by atomic mass is 16.6. The standard InChI is InChI=1S/C50H80N6O6/c1-10-18-22-38(14-5)33-54(34-39(15-6)23-19-11-2)49(59)42-30-43(50(60)55(35-40(16-7)24-20-12-3)36-41(17-8)25-21-13-4)32-45(31-42)52-53-47(37(9)57)48(58)51-44-26-28-46(29-27-44)56(61)62/h26-32,38-41,52H,10-25,33-36H2,1-9H3,(H,51,58)/b53-47-. The molecular weight excluding hydrogens is 781 g/mol. The molecule has 0 fully saturated rings. The van der Waals surface area contributed by atoms with E-state index in [1.54, 1.807) is 18.2 Å². The van der Waals surface area contributed by atoms with E-state index in [1.165, 1.54) is 31.2 Å². The summed E-state index contributed by atoms with van der Waals surface area (Å²) in [7, 11) is 0. The van der Waals surface area contributed by atoms with Crippen molar-refractivity contribution in [2.45, 2.75) is 165 Å². The SMILES string of the molecule is CCCCC(CC)CN(CC(CC)CCCC)C(=O)c1cc(N/N=C(/C(C)=O)C(=O)Nc2ccc([N+](=O)[O-])cc2)cc(C(=O)N(CC(CC)CCCC)CC(CC)CCCC)c1. The van der Waals surface area contributed by atoms with Crippen LogP contribution in [0.25, 0.3) is 0 Å². The van der Waals surface area contributed by atoms with Gasteiger partial charge in [-0.2, -0.15) is 5.10 Å². The topological polar surface area (TPSA) is 154 Å². The van der Waals surface area contributed by atoms with E-state index in [1.807, 2.05) is 9.80 Å². The number of nitro benzene ring substituents is 1. The van der Waals surface area contributed by atoms with Crippen molar-refractivity contribution in [3.8, 4) is 0 Å². The number of nitrogens with one attached hydrogen (secondary N) is 2. The summed E-state index contributed by atoms with van der Waals surface area (Å²) in [6.07, 6.45) is 16.6. The van der Waals surface area contributed by atoms with Crippen LogP contribution >= 0.6 is 0 Å². The fourth-order valence-corrected chi connectivity index (χ4v) is 7.97. The Bertz CT molecular complexity index is 1610. The number of unbranched alkanes of at least 4 members (excludes halogenated alkanes) is 4. The van der Waals surface area contributed by atoms with Crippen molar-refractivity contribution < 1.29 is 24.1 Å². The Morgan fingerprint density at radius 1 is 0.597 bits per heavy atom. The number of anilines is 2. The van der Waals surface area contributed by atoms with E-state index in [-0.39, 0.29) is 23.2 Å². The number of carbonyl (C=O) groups is 4. The number of hydrogen-bond acceptors (Lipinski definition) is 8. The molecule has 0 radical (unpaired) electrons. The van der Waals surface area contributed by atoms with Crippen LogP contribution in [0.5, 0.6) is 0 Å². The Hall–Kier alpha value is -4.61. The van der Waals surface area contributed by atoms with Crippen LogP contribution in [-0.4, -0.2) is 70.1 Å². The third-order valence-electron chi connectivity index (χ3n) is 12.3. The lowest BCUT2D eigenvalue weighted by Gasteiger charge is -2.32. The Labute approximate surface area is 373 Å². The highest BCUT2D eigenvalue weighted by Crippen LogP contribution is 2.26. The Kier molecular flexibility index (Phi) is 25.6. The number of hydrogen-bond donors (Lipinski definition) is 2. The molecule has 2 aromatic rings. The zero-order valence-electron chi connectivity index (χ0n) is 39.7. The summed E-state index contributed by atoms with van der Waals surface area (Å²) in [5.74, 6) is -0.416. The number of nitrogens with zero attached hydrogens (tertiary/aromatic N) is 4. The van der Waals surface area contributed by atoms with Gasteiger partial charge in [0.2, 0.25) is 0 Å². The minimum absolute atomic E-state index is 0.142. The minimum Gasteiger partial charge on any atom is -0.338 e. The molecule has 0 saturated carbocycles. The maximum atomic E-state index is 15.0. The fourth-order valence-electron chi connectivity index (χ4n) is 7.97. The fraction of sp³-hybridized carbons (Fsp3) is 0.660. The molecule has 4 unspecified atom stereocenters. The average molecular weight is 861 g/mol. The number of rotatable bonds is 32. The summed E-state index contributed by atoms with van der Waals surface area (Å²) in [5, 5.41) is 18.0. The second kappa shape index (κ2) is 29.6. The quantitative estimate of drug-likeness (QED) is 0.0321. The Morgan fingerprint density at radius 2 is 0.968 bits per heavy atom. The molecule has 0 aliphatic carbocycles. The van der Waals surface area contributed by atoms with Crippen LogP contribution in [0.2, 0.25) is 0 Å². The third-order valence-corrected chi connectivity index (χ3v) is 12.3. The second-order valence-corrected chi connectivity index (χ2v) is 17.3. The number of non-ortho nitro benzene ring substituents is 1. The largest absolute Gasteiger partial charge is 0.338 e. The molecule has 0 aromatic heterocycles. The summed E-state index contributed by atoms with van der Waals surface area (Å²) in [5.41, 5.74) is 3.54. The van der Waals surface area contributed by atoms with Crippen molar-refractivity contribution in [1.29, 1.82) is 0 Å². The predicted octanol–water partition coefficient (Wildman–Crippen LogP) is 12.3. The third kappa shape index (κ3) is 18.4. The molecule has 0 saturated heterocycles. The Morgan fingerprint density at radius 3 is 1.27 bits per heavy atom. The van der Waals surface area contributed by atoms with Gasteiger partial charge >= 0.3 is 0 Å². The first-order valence-corrected chi connectivity index (χ1v) is 23.9. The zero-order valence-corrected chi connectivity index (χ0v) is 39.7. The number of Topliss-reactive ketones (excluding diaryl/α,β-unsaturated/α-hetero) is 1. The van der Waals surface area contributed by atoms with Gasteiger partial charge in [-0.1, -0.05) is 132 Å². The summed E-state index contributed by atoms with van der Waals surface area (Å²) in [6.45, 7) is 21.2. The Balaban J connectivity index is 2.78. The van der Waals surface area contributed by atoms with Crippen LogP contribution in [-0.2, 0) is 9.59 Å². The van der Waals surface area contributed by atoms with Crippen molar-refractivity contribution in [3.05, 3.63) is 63.7 Å². The van der Waals surface area contributed by atoms with Crippen molar-refractivity contribution in [2.24, 2.45) is 28.8 Å². The molecular formula is C50H80N6O6. The van der Waals surface area contributed by atoms with Gasteiger partial charge in [-0.15, -0.1) is 0 Å². The van der Waals surface area contributed by atoms with Crippen LogP contribution in [0, 0.1) is 33.8 Å². The molecule has 62 heavy (non-hydrogen) atoms. The van der Waals surface area contributed by atoms with Gasteiger partial charge in [0.15, 0.2) is 11.5 Å². The van der Waals surface area contributed by atoms with Crippen LogP contribution in [0.4, 0.5) is 17.1 Å². The van der Waals surface area contributed by atoms with Crippen LogP contribution in [0.3, 0.4) is 0 Å². The molecule has 12 heteroatoms.